The Morgan fingerprint density at radius 2 is 2.17 bits per heavy atom. The fourth-order valence-corrected chi connectivity index (χ4v) is 2.75. The zero-order chi connectivity index (χ0) is 13.2. The first-order valence-electron chi connectivity index (χ1n) is 6.81. The van der Waals surface area contributed by atoms with Crippen molar-refractivity contribution >= 4 is 11.4 Å². The molecule has 100 valence electrons. The summed E-state index contributed by atoms with van der Waals surface area (Å²) in [6, 6.07) is 6.41. The van der Waals surface area contributed by atoms with Crippen molar-refractivity contribution in [2.24, 2.45) is 5.41 Å². The van der Waals surface area contributed by atoms with Crippen LogP contribution in [0.3, 0.4) is 0 Å². The number of nitrogen functional groups attached to an aromatic ring is 1. The van der Waals surface area contributed by atoms with Gasteiger partial charge in [-0.2, -0.15) is 0 Å². The van der Waals surface area contributed by atoms with Gasteiger partial charge in [0.2, 0.25) is 0 Å². The van der Waals surface area contributed by atoms with Gasteiger partial charge in [-0.1, -0.05) is 20.3 Å². The molecule has 0 spiro atoms. The Morgan fingerprint density at radius 1 is 1.39 bits per heavy atom. The van der Waals surface area contributed by atoms with E-state index in [0.29, 0.717) is 18.1 Å². The molecule has 3 nitrogen and oxygen atoms in total. The van der Waals surface area contributed by atoms with E-state index in [1.807, 2.05) is 25.1 Å². The van der Waals surface area contributed by atoms with Crippen LogP contribution in [0.25, 0.3) is 0 Å². The maximum absolute atomic E-state index is 5.91. The Hall–Kier alpha value is -1.38. The summed E-state index contributed by atoms with van der Waals surface area (Å²) in [7, 11) is 0. The average Bonchev–Trinajstić information content (AvgIpc) is 2.58. The van der Waals surface area contributed by atoms with Gasteiger partial charge in [0.05, 0.1) is 6.61 Å². The van der Waals surface area contributed by atoms with E-state index < -0.39 is 0 Å². The Balaban J connectivity index is 2.13. The van der Waals surface area contributed by atoms with Gasteiger partial charge >= 0.3 is 0 Å². The standard InChI is InChI=1S/C15H24N2O/c1-4-18-13-9-11(16)8-12(10-13)17-14-6-5-7-15(14,2)3/h8-10,14,17H,4-7,16H2,1-3H3. The minimum atomic E-state index is 0.358. The number of nitrogens with two attached hydrogens (primary N) is 1. The fraction of sp³-hybridized carbons (Fsp3) is 0.600. The Bertz CT molecular complexity index is 415. The highest BCUT2D eigenvalue weighted by Crippen LogP contribution is 2.39. The van der Waals surface area contributed by atoms with Crippen LogP contribution in [0.1, 0.15) is 40.0 Å². The quantitative estimate of drug-likeness (QED) is 0.799. The number of rotatable bonds is 4. The molecule has 0 radical (unpaired) electrons. The van der Waals surface area contributed by atoms with Crippen molar-refractivity contribution in [2.45, 2.75) is 46.1 Å². The third-order valence-corrected chi connectivity index (χ3v) is 3.84. The second kappa shape index (κ2) is 5.09. The van der Waals surface area contributed by atoms with Crippen LogP contribution in [0.4, 0.5) is 11.4 Å². The smallest absolute Gasteiger partial charge is 0.123 e. The zero-order valence-electron chi connectivity index (χ0n) is 11.6. The predicted molar refractivity (Wildman–Crippen MR) is 77.1 cm³/mol. The molecular weight excluding hydrogens is 224 g/mol. The van der Waals surface area contributed by atoms with Crippen molar-refractivity contribution in [3.63, 3.8) is 0 Å². The van der Waals surface area contributed by atoms with E-state index >= 15 is 0 Å². The van der Waals surface area contributed by atoms with E-state index in [2.05, 4.69) is 19.2 Å². The zero-order valence-corrected chi connectivity index (χ0v) is 11.6. The molecule has 1 fully saturated rings. The van der Waals surface area contributed by atoms with Crippen LogP contribution in [-0.4, -0.2) is 12.6 Å². The highest BCUT2D eigenvalue weighted by Gasteiger charge is 2.34. The number of nitrogens with one attached hydrogen (secondary N) is 1. The van der Waals surface area contributed by atoms with E-state index in [4.69, 9.17) is 10.5 Å². The number of hydrogen-bond donors (Lipinski definition) is 2. The summed E-state index contributed by atoms with van der Waals surface area (Å²) in [5, 5.41) is 3.61. The SMILES string of the molecule is CCOc1cc(N)cc(NC2CCCC2(C)C)c1. The molecule has 1 unspecified atom stereocenters. The molecule has 3 N–H and O–H groups in total. The molecule has 0 heterocycles. The summed E-state index contributed by atoms with van der Waals surface area (Å²) in [5.41, 5.74) is 8.09. The molecule has 1 atom stereocenters. The molecular formula is C15H24N2O. The summed E-state index contributed by atoms with van der Waals surface area (Å²) in [6.45, 7) is 7.30. The van der Waals surface area contributed by atoms with Gasteiger partial charge < -0.3 is 15.8 Å². The van der Waals surface area contributed by atoms with Gasteiger partial charge in [-0.3, -0.25) is 0 Å². The maximum Gasteiger partial charge on any atom is 0.123 e. The van der Waals surface area contributed by atoms with E-state index in [1.54, 1.807) is 0 Å². The summed E-state index contributed by atoms with van der Waals surface area (Å²) in [6.07, 6.45) is 3.81. The molecule has 0 bridgehead atoms. The van der Waals surface area contributed by atoms with Gasteiger partial charge in [-0.25, -0.2) is 0 Å². The van der Waals surface area contributed by atoms with Gasteiger partial charge in [0, 0.05) is 29.5 Å². The topological polar surface area (TPSA) is 47.3 Å². The lowest BCUT2D eigenvalue weighted by atomic mass is 9.87. The van der Waals surface area contributed by atoms with Crippen LogP contribution in [0.2, 0.25) is 0 Å². The van der Waals surface area contributed by atoms with E-state index in [-0.39, 0.29) is 0 Å². The summed E-state index contributed by atoms with van der Waals surface area (Å²) in [5.74, 6) is 0.843. The molecule has 2 rings (SSSR count). The van der Waals surface area contributed by atoms with Crippen molar-refractivity contribution in [3.8, 4) is 5.75 Å². The number of hydrogen-bond acceptors (Lipinski definition) is 3. The lowest BCUT2D eigenvalue weighted by molar-refractivity contribution is 0.339. The minimum absolute atomic E-state index is 0.358. The molecule has 1 aromatic rings. The third-order valence-electron chi connectivity index (χ3n) is 3.84. The summed E-state index contributed by atoms with van der Waals surface area (Å²) >= 11 is 0. The molecule has 0 amide bonds. The maximum atomic E-state index is 5.91. The molecule has 0 aromatic heterocycles. The number of ether oxygens (including phenoxy) is 1. The summed E-state index contributed by atoms with van der Waals surface area (Å²) < 4.78 is 5.52. The van der Waals surface area contributed by atoms with E-state index in [9.17, 15) is 0 Å². The average molecular weight is 248 g/mol. The highest BCUT2D eigenvalue weighted by atomic mass is 16.5. The molecule has 3 heteroatoms. The van der Waals surface area contributed by atoms with Crippen LogP contribution >= 0.6 is 0 Å². The van der Waals surface area contributed by atoms with Crippen molar-refractivity contribution in [1.82, 2.24) is 0 Å². The third kappa shape index (κ3) is 2.89. The lowest BCUT2D eigenvalue weighted by Crippen LogP contribution is -2.30. The molecule has 18 heavy (non-hydrogen) atoms. The Morgan fingerprint density at radius 3 is 2.78 bits per heavy atom. The van der Waals surface area contributed by atoms with Crippen LogP contribution in [0.5, 0.6) is 5.75 Å². The summed E-state index contributed by atoms with van der Waals surface area (Å²) in [4.78, 5) is 0. The van der Waals surface area contributed by atoms with Gasteiger partial charge in [-0.05, 0) is 31.2 Å². The lowest BCUT2D eigenvalue weighted by Gasteiger charge is -2.29. The molecule has 1 aromatic carbocycles. The first-order valence-corrected chi connectivity index (χ1v) is 6.81. The second-order valence-electron chi connectivity index (χ2n) is 5.80. The Labute approximate surface area is 110 Å². The molecule has 0 saturated heterocycles. The van der Waals surface area contributed by atoms with E-state index in [0.717, 1.165) is 17.1 Å². The number of anilines is 2. The highest BCUT2D eigenvalue weighted by molar-refractivity contribution is 5.59. The predicted octanol–water partition coefficient (Wildman–Crippen LogP) is 3.66. The van der Waals surface area contributed by atoms with Gasteiger partial charge in [0.25, 0.3) is 0 Å². The van der Waals surface area contributed by atoms with Crippen LogP contribution in [0.15, 0.2) is 18.2 Å². The van der Waals surface area contributed by atoms with Crippen molar-refractivity contribution in [3.05, 3.63) is 18.2 Å². The van der Waals surface area contributed by atoms with Crippen molar-refractivity contribution in [2.75, 3.05) is 17.7 Å². The van der Waals surface area contributed by atoms with Crippen molar-refractivity contribution < 1.29 is 4.74 Å². The molecule has 1 saturated carbocycles. The molecule has 0 aliphatic heterocycles. The largest absolute Gasteiger partial charge is 0.494 e. The Kier molecular flexibility index (Phi) is 3.69. The van der Waals surface area contributed by atoms with Gasteiger partial charge in [0.15, 0.2) is 0 Å². The van der Waals surface area contributed by atoms with E-state index in [1.165, 1.54) is 19.3 Å². The van der Waals surface area contributed by atoms with Gasteiger partial charge in [-0.15, -0.1) is 0 Å². The van der Waals surface area contributed by atoms with Crippen LogP contribution in [0, 0.1) is 5.41 Å². The minimum Gasteiger partial charge on any atom is -0.494 e. The van der Waals surface area contributed by atoms with Gasteiger partial charge in [0.1, 0.15) is 5.75 Å². The second-order valence-corrected chi connectivity index (χ2v) is 5.80. The van der Waals surface area contributed by atoms with Crippen molar-refractivity contribution in [1.29, 1.82) is 0 Å². The normalized spacial score (nSPS) is 21.8. The molecule has 1 aliphatic carbocycles. The fourth-order valence-electron chi connectivity index (χ4n) is 2.75. The first-order chi connectivity index (χ1) is 8.51. The van der Waals surface area contributed by atoms with Crippen LogP contribution in [-0.2, 0) is 0 Å². The molecule has 1 aliphatic rings. The monoisotopic (exact) mass is 248 g/mol. The number of benzene rings is 1. The van der Waals surface area contributed by atoms with Crippen LogP contribution < -0.4 is 15.8 Å². The first kappa shape index (κ1) is 13.1.